The summed E-state index contributed by atoms with van der Waals surface area (Å²) in [5, 5.41) is 14.4. The molecule has 0 aliphatic carbocycles. The summed E-state index contributed by atoms with van der Waals surface area (Å²) < 4.78 is 12.9. The van der Waals surface area contributed by atoms with Crippen molar-refractivity contribution in [2.45, 2.75) is 25.4 Å². The smallest absolute Gasteiger partial charge is 0.292 e. The van der Waals surface area contributed by atoms with Gasteiger partial charge in [-0.1, -0.05) is 24.3 Å². The van der Waals surface area contributed by atoms with E-state index in [1.54, 1.807) is 18.2 Å². The Hall–Kier alpha value is -2.47. The van der Waals surface area contributed by atoms with Gasteiger partial charge >= 0.3 is 0 Å². The molecule has 0 bridgehead atoms. The lowest BCUT2D eigenvalue weighted by Crippen LogP contribution is -2.38. The molecule has 1 aliphatic rings. The summed E-state index contributed by atoms with van der Waals surface area (Å²) in [5.74, 6) is -0.217. The Morgan fingerprint density at radius 2 is 1.79 bits per heavy atom. The van der Waals surface area contributed by atoms with E-state index in [9.17, 15) is 14.5 Å². The predicted molar refractivity (Wildman–Crippen MR) is 91.4 cm³/mol. The molecule has 126 valence electrons. The van der Waals surface area contributed by atoms with Gasteiger partial charge in [0.05, 0.1) is 4.92 Å². The number of piperidine rings is 1. The van der Waals surface area contributed by atoms with Crippen LogP contribution in [0.1, 0.15) is 18.4 Å². The molecule has 6 heteroatoms. The summed E-state index contributed by atoms with van der Waals surface area (Å²) >= 11 is 0. The van der Waals surface area contributed by atoms with Crippen LogP contribution in [-0.2, 0) is 6.54 Å². The van der Waals surface area contributed by atoms with Crippen molar-refractivity contribution in [2.24, 2.45) is 0 Å². The van der Waals surface area contributed by atoms with Gasteiger partial charge in [0, 0.05) is 31.7 Å². The summed E-state index contributed by atoms with van der Waals surface area (Å²) in [6.07, 6.45) is 1.85. The number of nitro groups is 1. The van der Waals surface area contributed by atoms with Gasteiger partial charge in [-0.15, -0.1) is 0 Å². The molecule has 0 spiro atoms. The Morgan fingerprint density at radius 3 is 2.46 bits per heavy atom. The van der Waals surface area contributed by atoms with Crippen molar-refractivity contribution in [3.05, 3.63) is 70.0 Å². The van der Waals surface area contributed by atoms with Crippen LogP contribution in [0.4, 0.5) is 15.8 Å². The molecule has 0 radical (unpaired) electrons. The third kappa shape index (κ3) is 4.08. The minimum absolute atomic E-state index is 0.117. The third-order valence-corrected chi connectivity index (χ3v) is 4.37. The minimum Gasteiger partial charge on any atom is -0.377 e. The van der Waals surface area contributed by atoms with Crippen molar-refractivity contribution in [3.8, 4) is 0 Å². The molecule has 24 heavy (non-hydrogen) atoms. The fraction of sp³-hybridized carbons (Fsp3) is 0.333. The Balaban J connectivity index is 1.54. The highest BCUT2D eigenvalue weighted by molar-refractivity contribution is 5.61. The summed E-state index contributed by atoms with van der Waals surface area (Å²) in [6, 6.07) is 13.6. The second kappa shape index (κ2) is 7.40. The Bertz CT molecular complexity index is 698. The number of nitrogens with zero attached hydrogens (tertiary/aromatic N) is 2. The van der Waals surface area contributed by atoms with Crippen LogP contribution in [0.15, 0.2) is 48.5 Å². The van der Waals surface area contributed by atoms with Crippen molar-refractivity contribution in [3.63, 3.8) is 0 Å². The number of nitro benzene ring substituents is 1. The Labute approximate surface area is 140 Å². The van der Waals surface area contributed by atoms with Gasteiger partial charge in [-0.2, -0.15) is 0 Å². The SMILES string of the molecule is O=[N+]([O-])c1ccccc1NC1CCN(Cc2ccc(F)cc2)CC1. The van der Waals surface area contributed by atoms with Crippen LogP contribution in [0.5, 0.6) is 0 Å². The average molecular weight is 329 g/mol. The highest BCUT2D eigenvalue weighted by Gasteiger charge is 2.21. The van der Waals surface area contributed by atoms with E-state index >= 15 is 0 Å². The Kier molecular flexibility index (Phi) is 5.05. The van der Waals surface area contributed by atoms with Gasteiger partial charge in [0.2, 0.25) is 0 Å². The largest absolute Gasteiger partial charge is 0.377 e. The molecule has 3 rings (SSSR count). The quantitative estimate of drug-likeness (QED) is 0.669. The van der Waals surface area contributed by atoms with Gasteiger partial charge in [-0.25, -0.2) is 4.39 Å². The van der Waals surface area contributed by atoms with E-state index in [2.05, 4.69) is 10.2 Å². The topological polar surface area (TPSA) is 58.4 Å². The normalized spacial score (nSPS) is 16.0. The fourth-order valence-electron chi connectivity index (χ4n) is 3.06. The molecular weight excluding hydrogens is 309 g/mol. The van der Waals surface area contributed by atoms with Crippen LogP contribution >= 0.6 is 0 Å². The van der Waals surface area contributed by atoms with Crippen LogP contribution in [0.25, 0.3) is 0 Å². The van der Waals surface area contributed by atoms with E-state index in [4.69, 9.17) is 0 Å². The first-order valence-electron chi connectivity index (χ1n) is 8.08. The number of halogens is 1. The van der Waals surface area contributed by atoms with Crippen LogP contribution < -0.4 is 5.32 Å². The maximum Gasteiger partial charge on any atom is 0.292 e. The highest BCUT2D eigenvalue weighted by atomic mass is 19.1. The first kappa shape index (κ1) is 16.4. The molecule has 1 aliphatic heterocycles. The van der Waals surface area contributed by atoms with Crippen molar-refractivity contribution in [1.82, 2.24) is 4.90 Å². The lowest BCUT2D eigenvalue weighted by atomic mass is 10.0. The van der Waals surface area contributed by atoms with Gasteiger partial charge in [0.25, 0.3) is 5.69 Å². The molecule has 1 saturated heterocycles. The molecule has 0 aromatic heterocycles. The van der Waals surface area contributed by atoms with Gasteiger partial charge in [0.15, 0.2) is 0 Å². The van der Waals surface area contributed by atoms with Gasteiger partial charge < -0.3 is 5.32 Å². The Morgan fingerprint density at radius 1 is 1.12 bits per heavy atom. The monoisotopic (exact) mass is 329 g/mol. The summed E-state index contributed by atoms with van der Waals surface area (Å²) in [5.41, 5.74) is 1.80. The highest BCUT2D eigenvalue weighted by Crippen LogP contribution is 2.26. The van der Waals surface area contributed by atoms with E-state index in [0.29, 0.717) is 5.69 Å². The number of hydrogen-bond donors (Lipinski definition) is 1. The van der Waals surface area contributed by atoms with E-state index in [0.717, 1.165) is 38.0 Å². The summed E-state index contributed by atoms with van der Waals surface area (Å²) in [7, 11) is 0. The lowest BCUT2D eigenvalue weighted by molar-refractivity contribution is -0.384. The molecule has 0 saturated carbocycles. The second-order valence-electron chi connectivity index (χ2n) is 6.10. The zero-order valence-corrected chi connectivity index (χ0v) is 13.3. The number of rotatable bonds is 5. The number of anilines is 1. The van der Waals surface area contributed by atoms with Gasteiger partial charge in [-0.05, 0) is 36.6 Å². The van der Waals surface area contributed by atoms with Gasteiger partial charge in [0.1, 0.15) is 11.5 Å². The molecule has 0 amide bonds. The van der Waals surface area contributed by atoms with Crippen molar-refractivity contribution >= 4 is 11.4 Å². The number of hydrogen-bond acceptors (Lipinski definition) is 4. The van der Waals surface area contributed by atoms with Crippen LogP contribution in [-0.4, -0.2) is 29.0 Å². The maximum absolute atomic E-state index is 12.9. The molecule has 1 N–H and O–H groups in total. The summed E-state index contributed by atoms with van der Waals surface area (Å²) in [6.45, 7) is 2.63. The van der Waals surface area contributed by atoms with Gasteiger partial charge in [-0.3, -0.25) is 15.0 Å². The molecule has 1 heterocycles. The number of nitrogens with one attached hydrogen (secondary N) is 1. The van der Waals surface area contributed by atoms with Crippen LogP contribution in [0.2, 0.25) is 0 Å². The van der Waals surface area contributed by atoms with Crippen LogP contribution in [0, 0.1) is 15.9 Å². The first-order chi connectivity index (χ1) is 11.6. The summed E-state index contributed by atoms with van der Waals surface area (Å²) in [4.78, 5) is 13.0. The molecular formula is C18H20FN3O2. The minimum atomic E-state index is -0.355. The molecule has 0 unspecified atom stereocenters. The van der Waals surface area contributed by atoms with Crippen LogP contribution in [0.3, 0.4) is 0 Å². The number of para-hydroxylation sites is 2. The predicted octanol–water partition coefficient (Wildman–Crippen LogP) is 3.81. The zero-order valence-electron chi connectivity index (χ0n) is 13.3. The first-order valence-corrected chi connectivity index (χ1v) is 8.08. The number of benzene rings is 2. The van der Waals surface area contributed by atoms with E-state index in [-0.39, 0.29) is 22.5 Å². The molecule has 5 nitrogen and oxygen atoms in total. The average Bonchev–Trinajstić information content (AvgIpc) is 2.59. The zero-order chi connectivity index (χ0) is 16.9. The third-order valence-electron chi connectivity index (χ3n) is 4.37. The lowest BCUT2D eigenvalue weighted by Gasteiger charge is -2.32. The maximum atomic E-state index is 12.9. The molecule has 1 fully saturated rings. The number of likely N-dealkylation sites (tertiary alicyclic amines) is 1. The molecule has 2 aromatic rings. The van der Waals surface area contributed by atoms with E-state index < -0.39 is 0 Å². The molecule has 2 aromatic carbocycles. The van der Waals surface area contributed by atoms with E-state index in [1.165, 1.54) is 18.2 Å². The fourth-order valence-corrected chi connectivity index (χ4v) is 3.06. The van der Waals surface area contributed by atoms with Crippen molar-refractivity contribution in [1.29, 1.82) is 0 Å². The second-order valence-corrected chi connectivity index (χ2v) is 6.10. The molecule has 0 atom stereocenters. The van der Waals surface area contributed by atoms with Crippen molar-refractivity contribution < 1.29 is 9.31 Å². The standard InChI is InChI=1S/C18H20FN3O2/c19-15-7-5-14(6-8-15)13-21-11-9-16(10-12-21)20-17-3-1-2-4-18(17)22(23)24/h1-8,16,20H,9-13H2. The van der Waals surface area contributed by atoms with Crippen molar-refractivity contribution in [2.75, 3.05) is 18.4 Å². The van der Waals surface area contributed by atoms with E-state index in [1.807, 2.05) is 12.1 Å².